The first-order valence-corrected chi connectivity index (χ1v) is 15.1. The summed E-state index contributed by atoms with van der Waals surface area (Å²) in [6.07, 6.45) is -1.18. The molecule has 2 rings (SSSR count). The molecule has 0 aliphatic rings. The molecule has 0 heterocycles. The third kappa shape index (κ3) is 17.0. The fourth-order valence-electron chi connectivity index (χ4n) is 3.47. The van der Waals surface area contributed by atoms with E-state index in [1.54, 1.807) is 53.7 Å². The zero-order valence-corrected chi connectivity index (χ0v) is 27.7. The van der Waals surface area contributed by atoms with Crippen molar-refractivity contribution >= 4 is 34.6 Å². The lowest BCUT2D eigenvalue weighted by Crippen LogP contribution is -2.45. The second kappa shape index (κ2) is 17.2. The molecule has 0 saturated carbocycles. The van der Waals surface area contributed by atoms with E-state index in [4.69, 9.17) is 9.47 Å². The first-order chi connectivity index (χ1) is 21.1. The number of carbonyl (C=O) groups is 4. The third-order valence-corrected chi connectivity index (χ3v) is 5.68. The van der Waals surface area contributed by atoms with Crippen molar-refractivity contribution in [1.82, 2.24) is 10.6 Å². The molecule has 0 spiro atoms. The fourth-order valence-corrected chi connectivity index (χ4v) is 3.81. The molecular formula is C30H41FN2O12S. The molecule has 14 nitrogen and oxygen atoms in total. The Morgan fingerprint density at radius 3 is 1.37 bits per heavy atom. The van der Waals surface area contributed by atoms with Gasteiger partial charge in [-0.15, -0.1) is 0 Å². The van der Waals surface area contributed by atoms with Crippen LogP contribution in [0.2, 0.25) is 0 Å². The van der Waals surface area contributed by atoms with E-state index in [1.165, 1.54) is 50.6 Å². The summed E-state index contributed by atoms with van der Waals surface area (Å²) < 4.78 is 56.9. The minimum atomic E-state index is -5.11. The summed E-state index contributed by atoms with van der Waals surface area (Å²) in [6.45, 7) is 10.2. The van der Waals surface area contributed by atoms with Gasteiger partial charge in [-0.2, -0.15) is 8.42 Å². The van der Waals surface area contributed by atoms with Gasteiger partial charge in [0.15, 0.2) is 0 Å². The van der Waals surface area contributed by atoms with Crippen LogP contribution in [0.15, 0.2) is 48.5 Å². The van der Waals surface area contributed by atoms with E-state index in [0.717, 1.165) is 5.56 Å². The smallest absolute Gasteiger partial charge is 0.488 e. The van der Waals surface area contributed by atoms with Crippen molar-refractivity contribution in [3.8, 4) is 11.5 Å². The highest BCUT2D eigenvalue weighted by Gasteiger charge is 2.26. The molecule has 0 bridgehead atoms. The van der Waals surface area contributed by atoms with Crippen molar-refractivity contribution in [2.24, 2.45) is 0 Å². The number of ether oxygens (including phenoxy) is 4. The summed E-state index contributed by atoms with van der Waals surface area (Å²) in [5.74, 6) is -1.33. The summed E-state index contributed by atoms with van der Waals surface area (Å²) >= 11 is 0. The van der Waals surface area contributed by atoms with E-state index in [-0.39, 0.29) is 24.3 Å². The second-order valence-corrected chi connectivity index (χ2v) is 12.6. The number of benzene rings is 2. The molecule has 0 fully saturated rings. The molecule has 46 heavy (non-hydrogen) atoms. The number of hydrogen-bond donors (Lipinski definition) is 3. The van der Waals surface area contributed by atoms with Gasteiger partial charge in [0.25, 0.3) is 0 Å². The number of esters is 2. The van der Waals surface area contributed by atoms with Gasteiger partial charge in [0.05, 0.1) is 14.2 Å². The number of aromatic hydroxyl groups is 1. The Labute approximate surface area is 267 Å². The van der Waals surface area contributed by atoms with Crippen molar-refractivity contribution in [1.29, 1.82) is 0 Å². The number of carbonyl (C=O) groups excluding carboxylic acids is 4. The second-order valence-electron chi connectivity index (χ2n) is 11.6. The summed E-state index contributed by atoms with van der Waals surface area (Å²) in [4.78, 5) is 47.1. The van der Waals surface area contributed by atoms with Crippen LogP contribution in [0.5, 0.6) is 11.5 Å². The van der Waals surface area contributed by atoms with Crippen LogP contribution < -0.4 is 14.8 Å². The SMILES string of the molecule is COC(=O)C(Cc1ccc(O)cc1)NC(=O)OC(C)(C)C.COC(=O)C(Cc1ccc(OS(=O)(=O)F)cc1)NC(=O)OC(C)(C)C. The average Bonchev–Trinajstić information content (AvgIpc) is 2.91. The van der Waals surface area contributed by atoms with Gasteiger partial charge < -0.3 is 38.9 Å². The Bertz CT molecular complexity index is 1420. The molecule has 16 heteroatoms. The van der Waals surface area contributed by atoms with Gasteiger partial charge in [-0.25, -0.2) is 19.2 Å². The van der Waals surface area contributed by atoms with E-state index >= 15 is 0 Å². The maximum atomic E-state index is 12.4. The molecule has 0 aliphatic carbocycles. The zero-order valence-electron chi connectivity index (χ0n) is 26.9. The van der Waals surface area contributed by atoms with Crippen molar-refractivity contribution in [2.45, 2.75) is 77.7 Å². The molecule has 0 saturated heterocycles. The highest BCUT2D eigenvalue weighted by atomic mass is 32.3. The molecule has 256 valence electrons. The minimum absolute atomic E-state index is 0.0502. The standard InChI is InChI=1S/C15H20FNO7S.C15H21NO5/c1-15(2,3)23-14(19)17-12(13(18)22-4)9-10-5-7-11(8-6-10)24-25(16,20)21;1-15(2,3)21-14(19)16-12(13(18)20-4)9-10-5-7-11(17)8-6-10/h5-8,12H,9H2,1-4H3,(H,17,19);5-8,12,17H,9H2,1-4H3,(H,16,19). The number of phenols is 1. The number of rotatable bonds is 10. The number of halogens is 1. The van der Waals surface area contributed by atoms with E-state index in [0.29, 0.717) is 5.56 Å². The van der Waals surface area contributed by atoms with Crippen molar-refractivity contribution < 1.29 is 59.7 Å². The topological polar surface area (TPSA) is 193 Å². The lowest BCUT2D eigenvalue weighted by molar-refractivity contribution is -0.143. The van der Waals surface area contributed by atoms with Crippen LogP contribution in [0.1, 0.15) is 52.7 Å². The van der Waals surface area contributed by atoms with E-state index in [1.807, 2.05) is 0 Å². The van der Waals surface area contributed by atoms with Gasteiger partial charge in [-0.05, 0) is 76.9 Å². The number of alkyl carbamates (subject to hydrolysis) is 2. The Kier molecular flexibility index (Phi) is 14.7. The molecule has 2 unspecified atom stereocenters. The number of amides is 2. The predicted octanol–water partition coefficient (Wildman–Crippen LogP) is 3.89. The molecule has 2 atom stereocenters. The molecule has 2 aromatic carbocycles. The average molecular weight is 673 g/mol. The van der Waals surface area contributed by atoms with Crippen molar-refractivity contribution in [2.75, 3.05) is 14.2 Å². The normalized spacial score (nSPS) is 12.6. The molecule has 2 aromatic rings. The fraction of sp³-hybridized carbons (Fsp3) is 0.467. The van der Waals surface area contributed by atoms with Crippen LogP contribution in [0.4, 0.5) is 13.5 Å². The molecular weight excluding hydrogens is 631 g/mol. The molecule has 2 amide bonds. The summed E-state index contributed by atoms with van der Waals surface area (Å²) in [7, 11) is -2.68. The molecule has 3 N–H and O–H groups in total. The van der Waals surface area contributed by atoms with Gasteiger partial charge in [-0.3, -0.25) is 0 Å². The third-order valence-electron chi connectivity index (χ3n) is 5.29. The predicted molar refractivity (Wildman–Crippen MR) is 163 cm³/mol. The van der Waals surface area contributed by atoms with Gasteiger partial charge in [-0.1, -0.05) is 28.2 Å². The van der Waals surface area contributed by atoms with Crippen molar-refractivity contribution in [3.05, 3.63) is 59.7 Å². The number of phenolic OH excluding ortho intramolecular Hbond substituents is 1. The number of hydrogen-bond acceptors (Lipinski definition) is 12. The van der Waals surface area contributed by atoms with Crippen LogP contribution in [-0.4, -0.2) is 75.2 Å². The molecule has 0 radical (unpaired) electrons. The summed E-state index contributed by atoms with van der Waals surface area (Å²) in [5.41, 5.74) is -0.0560. The Morgan fingerprint density at radius 1 is 0.717 bits per heavy atom. The summed E-state index contributed by atoms with van der Waals surface area (Å²) in [6, 6.07) is 9.77. The van der Waals surface area contributed by atoms with Crippen LogP contribution >= 0.6 is 0 Å². The maximum absolute atomic E-state index is 12.4. The van der Waals surface area contributed by atoms with Gasteiger partial charge >= 0.3 is 34.6 Å². The Morgan fingerprint density at radius 2 is 1.07 bits per heavy atom. The van der Waals surface area contributed by atoms with E-state index in [9.17, 15) is 36.6 Å². The number of methoxy groups -OCH3 is 2. The quantitative estimate of drug-likeness (QED) is 0.188. The largest absolute Gasteiger partial charge is 0.508 e. The van der Waals surface area contributed by atoms with Gasteiger partial charge in [0.1, 0.15) is 34.8 Å². The summed E-state index contributed by atoms with van der Waals surface area (Å²) in [5, 5.41) is 14.1. The van der Waals surface area contributed by atoms with Crippen LogP contribution in [0.3, 0.4) is 0 Å². The maximum Gasteiger partial charge on any atom is 0.488 e. The van der Waals surface area contributed by atoms with E-state index in [2.05, 4.69) is 24.3 Å². The van der Waals surface area contributed by atoms with Crippen LogP contribution in [0.25, 0.3) is 0 Å². The lowest BCUT2D eigenvalue weighted by Gasteiger charge is -2.22. The monoisotopic (exact) mass is 672 g/mol. The van der Waals surface area contributed by atoms with Crippen molar-refractivity contribution in [3.63, 3.8) is 0 Å². The van der Waals surface area contributed by atoms with Gasteiger partial charge in [0.2, 0.25) is 0 Å². The Balaban J connectivity index is 0.000000467. The molecule has 0 aromatic heterocycles. The highest BCUT2D eigenvalue weighted by Crippen LogP contribution is 2.17. The first kappa shape index (κ1) is 39.4. The highest BCUT2D eigenvalue weighted by molar-refractivity contribution is 7.81. The van der Waals surface area contributed by atoms with Crippen LogP contribution in [0, 0.1) is 0 Å². The molecule has 0 aliphatic heterocycles. The zero-order chi connectivity index (χ0) is 35.3. The van der Waals surface area contributed by atoms with Gasteiger partial charge in [0, 0.05) is 12.8 Å². The first-order valence-electron chi connectivity index (χ1n) is 13.8. The Hall–Kier alpha value is -4.60. The number of nitrogens with one attached hydrogen (secondary N) is 2. The van der Waals surface area contributed by atoms with Crippen LogP contribution in [-0.2, 0) is 51.9 Å². The minimum Gasteiger partial charge on any atom is -0.508 e. The lowest BCUT2D eigenvalue weighted by atomic mass is 10.1. The van der Waals surface area contributed by atoms with E-state index < -0.39 is 57.9 Å².